The summed E-state index contributed by atoms with van der Waals surface area (Å²) in [7, 11) is 0. The maximum atomic E-state index is 5.90. The Morgan fingerprint density at radius 1 is 1.18 bits per heavy atom. The molecular formula is C12H10Cl2N2O. The summed E-state index contributed by atoms with van der Waals surface area (Å²) >= 11 is 11.7. The van der Waals surface area contributed by atoms with Gasteiger partial charge in [-0.1, -0.05) is 23.2 Å². The van der Waals surface area contributed by atoms with Crippen LogP contribution < -0.4 is 10.5 Å². The van der Waals surface area contributed by atoms with Crippen LogP contribution in [0.4, 0.5) is 0 Å². The summed E-state index contributed by atoms with van der Waals surface area (Å²) in [6, 6.07) is 6.84. The van der Waals surface area contributed by atoms with Crippen LogP contribution >= 0.6 is 23.2 Å². The fraction of sp³-hybridized carbons (Fsp3) is 0.0833. The fourth-order valence-corrected chi connectivity index (χ4v) is 1.62. The predicted octanol–water partition coefficient (Wildman–Crippen LogP) is 3.64. The average molecular weight is 269 g/mol. The minimum absolute atomic E-state index is 0.366. The predicted molar refractivity (Wildman–Crippen MR) is 68.7 cm³/mol. The van der Waals surface area contributed by atoms with Gasteiger partial charge < -0.3 is 10.5 Å². The summed E-state index contributed by atoms with van der Waals surface area (Å²) < 4.78 is 5.67. The fourth-order valence-electron chi connectivity index (χ4n) is 1.33. The van der Waals surface area contributed by atoms with Gasteiger partial charge in [0.05, 0.1) is 10.0 Å². The molecule has 1 heterocycles. The molecule has 0 spiro atoms. The number of benzene rings is 1. The largest absolute Gasteiger partial charge is 0.457 e. The minimum Gasteiger partial charge on any atom is -0.457 e. The van der Waals surface area contributed by atoms with Gasteiger partial charge in [0.1, 0.15) is 11.5 Å². The summed E-state index contributed by atoms with van der Waals surface area (Å²) in [5.74, 6) is 1.28. The molecule has 0 bridgehead atoms. The monoisotopic (exact) mass is 268 g/mol. The molecule has 0 fully saturated rings. The maximum Gasteiger partial charge on any atom is 0.134 e. The van der Waals surface area contributed by atoms with E-state index < -0.39 is 0 Å². The lowest BCUT2D eigenvalue weighted by atomic mass is 10.2. The summed E-state index contributed by atoms with van der Waals surface area (Å²) in [6.07, 6.45) is 3.32. The van der Waals surface area contributed by atoms with Crippen LogP contribution in [0.3, 0.4) is 0 Å². The zero-order chi connectivity index (χ0) is 12.3. The van der Waals surface area contributed by atoms with Crippen molar-refractivity contribution in [3.63, 3.8) is 0 Å². The van der Waals surface area contributed by atoms with E-state index in [-0.39, 0.29) is 0 Å². The Morgan fingerprint density at radius 3 is 2.71 bits per heavy atom. The first-order chi connectivity index (χ1) is 8.20. The normalized spacial score (nSPS) is 10.3. The quantitative estimate of drug-likeness (QED) is 0.925. The van der Waals surface area contributed by atoms with Gasteiger partial charge >= 0.3 is 0 Å². The number of hydrogen-bond donors (Lipinski definition) is 1. The second-order valence-corrected chi connectivity index (χ2v) is 4.18. The lowest BCUT2D eigenvalue weighted by molar-refractivity contribution is 0.475. The van der Waals surface area contributed by atoms with Gasteiger partial charge in [-0.2, -0.15) is 0 Å². The van der Waals surface area contributed by atoms with Crippen molar-refractivity contribution in [2.45, 2.75) is 6.54 Å². The van der Waals surface area contributed by atoms with E-state index in [2.05, 4.69) is 4.98 Å². The average Bonchev–Trinajstić information content (AvgIpc) is 2.34. The smallest absolute Gasteiger partial charge is 0.134 e. The molecule has 17 heavy (non-hydrogen) atoms. The number of aromatic nitrogens is 1. The van der Waals surface area contributed by atoms with Crippen molar-refractivity contribution in [2.24, 2.45) is 5.73 Å². The number of nitrogens with zero attached hydrogens (tertiary/aromatic N) is 1. The Kier molecular flexibility index (Phi) is 3.84. The van der Waals surface area contributed by atoms with Crippen LogP contribution in [-0.2, 0) is 6.54 Å². The van der Waals surface area contributed by atoms with Gasteiger partial charge in [0.25, 0.3) is 0 Å². The molecule has 1 aromatic carbocycles. The van der Waals surface area contributed by atoms with Gasteiger partial charge in [-0.25, -0.2) is 0 Å². The third-order valence-corrected chi connectivity index (χ3v) is 2.94. The van der Waals surface area contributed by atoms with Crippen LogP contribution in [0.2, 0.25) is 10.0 Å². The first-order valence-corrected chi connectivity index (χ1v) is 5.72. The highest BCUT2D eigenvalue weighted by molar-refractivity contribution is 6.42. The van der Waals surface area contributed by atoms with E-state index in [1.807, 2.05) is 0 Å². The molecule has 2 rings (SSSR count). The molecule has 2 N–H and O–H groups in total. The molecule has 3 nitrogen and oxygen atoms in total. The first kappa shape index (κ1) is 12.2. The van der Waals surface area contributed by atoms with Crippen molar-refractivity contribution in [1.29, 1.82) is 0 Å². The summed E-state index contributed by atoms with van der Waals surface area (Å²) in [5.41, 5.74) is 6.42. The van der Waals surface area contributed by atoms with Crippen molar-refractivity contribution in [3.05, 3.63) is 52.3 Å². The Labute approximate surface area is 109 Å². The van der Waals surface area contributed by atoms with E-state index in [0.717, 1.165) is 5.56 Å². The number of pyridine rings is 1. The lowest BCUT2D eigenvalue weighted by Crippen LogP contribution is -1.99. The number of halogens is 2. The highest BCUT2D eigenvalue weighted by Gasteiger charge is 2.05. The molecule has 0 amide bonds. The van der Waals surface area contributed by atoms with Crippen molar-refractivity contribution < 1.29 is 4.74 Å². The lowest BCUT2D eigenvalue weighted by Gasteiger charge is -2.09. The van der Waals surface area contributed by atoms with Gasteiger partial charge in [0.15, 0.2) is 0 Å². The van der Waals surface area contributed by atoms with Crippen molar-refractivity contribution in [3.8, 4) is 11.5 Å². The standard InChI is InChI=1S/C12H10Cl2N2O/c13-10-2-1-9(5-11(10)14)17-12-3-4-16-7-8(12)6-15/h1-5,7H,6,15H2. The maximum absolute atomic E-state index is 5.90. The number of nitrogens with two attached hydrogens (primary N) is 1. The zero-order valence-corrected chi connectivity index (χ0v) is 10.4. The van der Waals surface area contributed by atoms with Crippen LogP contribution in [0.25, 0.3) is 0 Å². The third-order valence-electron chi connectivity index (χ3n) is 2.20. The molecule has 0 aliphatic carbocycles. The Morgan fingerprint density at radius 2 is 2.00 bits per heavy atom. The molecule has 0 aliphatic rings. The summed E-state index contributed by atoms with van der Waals surface area (Å²) in [4.78, 5) is 3.98. The molecular weight excluding hydrogens is 259 g/mol. The van der Waals surface area contributed by atoms with Crippen LogP contribution in [0.5, 0.6) is 11.5 Å². The van der Waals surface area contributed by atoms with Crippen molar-refractivity contribution >= 4 is 23.2 Å². The second-order valence-electron chi connectivity index (χ2n) is 3.37. The van der Waals surface area contributed by atoms with Crippen LogP contribution in [-0.4, -0.2) is 4.98 Å². The van der Waals surface area contributed by atoms with E-state index >= 15 is 0 Å². The zero-order valence-electron chi connectivity index (χ0n) is 8.86. The highest BCUT2D eigenvalue weighted by atomic mass is 35.5. The third kappa shape index (κ3) is 2.88. The van der Waals surface area contributed by atoms with Gasteiger partial charge in [-0.3, -0.25) is 4.98 Å². The van der Waals surface area contributed by atoms with E-state index in [1.54, 1.807) is 36.7 Å². The van der Waals surface area contributed by atoms with E-state index in [1.165, 1.54) is 0 Å². The number of hydrogen-bond acceptors (Lipinski definition) is 3. The molecule has 0 unspecified atom stereocenters. The van der Waals surface area contributed by atoms with Gasteiger partial charge in [-0.05, 0) is 18.2 Å². The molecule has 1 aromatic heterocycles. The molecule has 2 aromatic rings. The van der Waals surface area contributed by atoms with E-state index in [0.29, 0.717) is 28.1 Å². The van der Waals surface area contributed by atoms with Crippen LogP contribution in [0, 0.1) is 0 Å². The van der Waals surface area contributed by atoms with Gasteiger partial charge in [0, 0.05) is 30.6 Å². The highest BCUT2D eigenvalue weighted by Crippen LogP contribution is 2.30. The topological polar surface area (TPSA) is 48.1 Å². The van der Waals surface area contributed by atoms with E-state index in [4.69, 9.17) is 33.7 Å². The Balaban J connectivity index is 2.28. The molecule has 5 heteroatoms. The van der Waals surface area contributed by atoms with Crippen LogP contribution in [0.1, 0.15) is 5.56 Å². The van der Waals surface area contributed by atoms with Crippen molar-refractivity contribution in [2.75, 3.05) is 0 Å². The van der Waals surface area contributed by atoms with Gasteiger partial charge in [-0.15, -0.1) is 0 Å². The molecule has 88 valence electrons. The van der Waals surface area contributed by atoms with Crippen molar-refractivity contribution in [1.82, 2.24) is 4.98 Å². The molecule has 0 aliphatic heterocycles. The first-order valence-electron chi connectivity index (χ1n) is 4.96. The minimum atomic E-state index is 0.366. The molecule has 0 atom stereocenters. The molecule has 0 radical (unpaired) electrons. The number of ether oxygens (including phenoxy) is 1. The van der Waals surface area contributed by atoms with Gasteiger partial charge in [0.2, 0.25) is 0 Å². The SMILES string of the molecule is NCc1cnccc1Oc1ccc(Cl)c(Cl)c1. The molecule has 0 saturated carbocycles. The number of rotatable bonds is 3. The summed E-state index contributed by atoms with van der Waals surface area (Å²) in [5, 5.41) is 0.945. The Bertz CT molecular complexity index is 532. The second kappa shape index (κ2) is 5.36. The molecule has 0 saturated heterocycles. The van der Waals surface area contributed by atoms with E-state index in [9.17, 15) is 0 Å². The Hall–Kier alpha value is -1.29. The summed E-state index contributed by atoms with van der Waals surface area (Å²) in [6.45, 7) is 0.366. The van der Waals surface area contributed by atoms with Crippen LogP contribution in [0.15, 0.2) is 36.7 Å².